The third-order valence-electron chi connectivity index (χ3n) is 4.88. The molecule has 0 spiro atoms. The zero-order chi connectivity index (χ0) is 17.0. The lowest BCUT2D eigenvalue weighted by Crippen LogP contribution is -2.46. The van der Waals surface area contributed by atoms with Crippen LogP contribution in [0.25, 0.3) is 0 Å². The summed E-state index contributed by atoms with van der Waals surface area (Å²) in [5, 5.41) is 9.84. The van der Waals surface area contributed by atoms with E-state index in [4.69, 9.17) is 4.74 Å². The number of nitrogens with zero attached hydrogens (tertiary/aromatic N) is 4. The summed E-state index contributed by atoms with van der Waals surface area (Å²) in [6.45, 7) is 7.79. The molecule has 1 aromatic heterocycles. The minimum absolute atomic E-state index is 0.104. The second-order valence-corrected chi connectivity index (χ2v) is 6.62. The van der Waals surface area contributed by atoms with Gasteiger partial charge in [0.1, 0.15) is 0 Å². The molecule has 0 bridgehead atoms. The molecule has 132 valence electrons. The van der Waals surface area contributed by atoms with Gasteiger partial charge in [0.2, 0.25) is 5.95 Å². The van der Waals surface area contributed by atoms with E-state index in [2.05, 4.69) is 16.5 Å². The predicted octanol–water partition coefficient (Wildman–Crippen LogP) is 1.61. The third kappa shape index (κ3) is 3.52. The lowest BCUT2D eigenvalue weighted by Gasteiger charge is -2.41. The zero-order valence-electron chi connectivity index (χ0n) is 14.0. The Morgan fingerprint density at radius 1 is 1.33 bits per heavy atom. The highest BCUT2D eigenvalue weighted by Crippen LogP contribution is 2.35. The average molecular weight is 336 g/mol. The number of halogens is 1. The van der Waals surface area contributed by atoms with E-state index in [0.29, 0.717) is 44.6 Å². The van der Waals surface area contributed by atoms with Gasteiger partial charge in [-0.1, -0.05) is 6.08 Å². The third-order valence-corrected chi connectivity index (χ3v) is 4.88. The first kappa shape index (κ1) is 17.1. The van der Waals surface area contributed by atoms with Gasteiger partial charge >= 0.3 is 0 Å². The smallest absolute Gasteiger partial charge is 0.227 e. The van der Waals surface area contributed by atoms with Crippen molar-refractivity contribution in [3.63, 3.8) is 0 Å². The lowest BCUT2D eigenvalue weighted by atomic mass is 9.78. The van der Waals surface area contributed by atoms with Crippen molar-refractivity contribution in [2.45, 2.75) is 19.3 Å². The number of morpholine rings is 1. The van der Waals surface area contributed by atoms with Crippen LogP contribution in [0.2, 0.25) is 0 Å². The summed E-state index contributed by atoms with van der Waals surface area (Å²) in [4.78, 5) is 12.6. The fourth-order valence-electron chi connectivity index (χ4n) is 3.54. The van der Waals surface area contributed by atoms with Crippen LogP contribution in [0.4, 0.5) is 16.2 Å². The number of hydrogen-bond donors (Lipinski definition) is 1. The second kappa shape index (κ2) is 7.44. The highest BCUT2D eigenvalue weighted by Gasteiger charge is 2.35. The maximum atomic E-state index is 14.2. The summed E-state index contributed by atoms with van der Waals surface area (Å²) >= 11 is 0. The summed E-state index contributed by atoms with van der Waals surface area (Å²) < 4.78 is 19.5. The molecule has 2 saturated heterocycles. The Morgan fingerprint density at radius 3 is 2.83 bits per heavy atom. The number of allylic oxidation sites excluding steroid dienone is 1. The summed E-state index contributed by atoms with van der Waals surface area (Å²) in [6.07, 6.45) is 5.74. The molecule has 0 radical (unpaired) electrons. The fourth-order valence-corrected chi connectivity index (χ4v) is 3.54. The van der Waals surface area contributed by atoms with Crippen LogP contribution in [0.5, 0.6) is 0 Å². The molecule has 2 aliphatic heterocycles. The monoisotopic (exact) mass is 336 g/mol. The van der Waals surface area contributed by atoms with Crippen LogP contribution < -0.4 is 9.80 Å². The number of ether oxygens (including phenoxy) is 1. The predicted molar refractivity (Wildman–Crippen MR) is 90.8 cm³/mol. The van der Waals surface area contributed by atoms with Gasteiger partial charge in [-0.05, 0) is 19.3 Å². The molecular formula is C17H25FN4O2. The number of anilines is 2. The zero-order valence-corrected chi connectivity index (χ0v) is 14.0. The molecule has 0 unspecified atom stereocenters. The second-order valence-electron chi connectivity index (χ2n) is 6.62. The van der Waals surface area contributed by atoms with Gasteiger partial charge in [-0.15, -0.1) is 6.58 Å². The van der Waals surface area contributed by atoms with Crippen molar-refractivity contribution in [2.24, 2.45) is 5.41 Å². The van der Waals surface area contributed by atoms with Gasteiger partial charge < -0.3 is 19.6 Å². The number of aromatic nitrogens is 2. The van der Waals surface area contributed by atoms with Crippen molar-refractivity contribution in [3.8, 4) is 0 Å². The molecular weight excluding hydrogens is 311 g/mol. The van der Waals surface area contributed by atoms with E-state index < -0.39 is 5.82 Å². The van der Waals surface area contributed by atoms with Gasteiger partial charge in [-0.2, -0.15) is 4.98 Å². The lowest BCUT2D eigenvalue weighted by molar-refractivity contribution is 0.107. The Kier molecular flexibility index (Phi) is 5.30. The first-order chi connectivity index (χ1) is 11.7. The maximum Gasteiger partial charge on any atom is 0.227 e. The maximum absolute atomic E-state index is 14.2. The van der Waals surface area contributed by atoms with Gasteiger partial charge in [0, 0.05) is 31.6 Å². The molecule has 3 heterocycles. The Balaban J connectivity index is 1.82. The Bertz CT molecular complexity index is 580. The van der Waals surface area contributed by atoms with Crippen molar-refractivity contribution >= 4 is 11.8 Å². The molecule has 24 heavy (non-hydrogen) atoms. The topological polar surface area (TPSA) is 61.7 Å². The van der Waals surface area contributed by atoms with Crippen molar-refractivity contribution < 1.29 is 14.2 Å². The molecule has 0 aliphatic carbocycles. The molecule has 3 rings (SSSR count). The van der Waals surface area contributed by atoms with Gasteiger partial charge in [-0.25, -0.2) is 9.37 Å². The van der Waals surface area contributed by atoms with Crippen LogP contribution in [-0.4, -0.2) is 61.1 Å². The molecule has 1 atom stereocenters. The number of piperidine rings is 1. The van der Waals surface area contributed by atoms with Crippen LogP contribution >= 0.6 is 0 Å². The van der Waals surface area contributed by atoms with Crippen molar-refractivity contribution in [2.75, 3.05) is 55.8 Å². The van der Waals surface area contributed by atoms with E-state index in [1.165, 1.54) is 6.20 Å². The average Bonchev–Trinajstić information content (AvgIpc) is 2.63. The molecule has 7 heteroatoms. The first-order valence-electron chi connectivity index (χ1n) is 8.49. The van der Waals surface area contributed by atoms with Crippen LogP contribution in [0, 0.1) is 11.2 Å². The number of aliphatic hydroxyl groups is 1. The minimum Gasteiger partial charge on any atom is -0.396 e. The van der Waals surface area contributed by atoms with E-state index in [9.17, 15) is 9.50 Å². The summed E-state index contributed by atoms with van der Waals surface area (Å²) in [6, 6.07) is 0. The highest BCUT2D eigenvalue weighted by molar-refractivity contribution is 5.45. The van der Waals surface area contributed by atoms with E-state index in [-0.39, 0.29) is 12.0 Å². The molecule has 0 amide bonds. The highest BCUT2D eigenvalue weighted by atomic mass is 19.1. The van der Waals surface area contributed by atoms with E-state index in [1.54, 1.807) is 0 Å². The summed E-state index contributed by atoms with van der Waals surface area (Å²) in [7, 11) is 0. The van der Waals surface area contributed by atoms with Crippen LogP contribution in [-0.2, 0) is 4.74 Å². The first-order valence-corrected chi connectivity index (χ1v) is 8.49. The van der Waals surface area contributed by atoms with Crippen LogP contribution in [0.1, 0.15) is 19.3 Å². The van der Waals surface area contributed by atoms with E-state index in [0.717, 1.165) is 25.8 Å². The molecule has 6 nitrogen and oxygen atoms in total. The molecule has 1 N–H and O–H groups in total. The minimum atomic E-state index is -0.405. The van der Waals surface area contributed by atoms with Crippen LogP contribution in [0.3, 0.4) is 0 Å². The molecule has 2 aliphatic rings. The number of aliphatic hydroxyl groups excluding tert-OH is 1. The molecule has 0 saturated carbocycles. The molecule has 1 aromatic rings. The van der Waals surface area contributed by atoms with E-state index in [1.807, 2.05) is 15.9 Å². The number of rotatable bonds is 5. The van der Waals surface area contributed by atoms with Gasteiger partial charge in [0.05, 0.1) is 26.0 Å². The van der Waals surface area contributed by atoms with E-state index >= 15 is 0 Å². The molecule has 2 fully saturated rings. The van der Waals surface area contributed by atoms with Crippen LogP contribution in [0.15, 0.2) is 18.9 Å². The molecule has 0 aromatic carbocycles. The van der Waals surface area contributed by atoms with Gasteiger partial charge in [0.25, 0.3) is 0 Å². The van der Waals surface area contributed by atoms with Crippen molar-refractivity contribution in [3.05, 3.63) is 24.7 Å². The van der Waals surface area contributed by atoms with Gasteiger partial charge in [-0.3, -0.25) is 0 Å². The quantitative estimate of drug-likeness (QED) is 0.825. The normalized spacial score (nSPS) is 24.9. The van der Waals surface area contributed by atoms with Gasteiger partial charge in [0.15, 0.2) is 11.6 Å². The fraction of sp³-hybridized carbons (Fsp3) is 0.647. The largest absolute Gasteiger partial charge is 0.396 e. The number of hydrogen-bond acceptors (Lipinski definition) is 6. The van der Waals surface area contributed by atoms with Crippen molar-refractivity contribution in [1.29, 1.82) is 0 Å². The Hall–Kier alpha value is -1.73. The SMILES string of the molecule is C=CC[C@@]1(CO)CCCN(c2ncc(F)c(N3CCOCC3)n2)C1. The Labute approximate surface area is 142 Å². The summed E-state index contributed by atoms with van der Waals surface area (Å²) in [5.74, 6) is 0.462. The Morgan fingerprint density at radius 2 is 2.12 bits per heavy atom. The standard InChI is InChI=1S/C17H25FN4O2/c1-2-4-17(13-23)5-3-6-22(12-17)16-19-11-14(18)15(20-16)21-7-9-24-10-8-21/h2,11,23H,1,3-10,12-13H2/t17-/m1/s1. The summed E-state index contributed by atoms with van der Waals surface area (Å²) in [5.41, 5.74) is -0.211. The van der Waals surface area contributed by atoms with Crippen molar-refractivity contribution in [1.82, 2.24) is 9.97 Å².